The van der Waals surface area contributed by atoms with Gasteiger partial charge < -0.3 is 23.7 Å². The molecule has 0 N–H and O–H groups in total. The third kappa shape index (κ3) is 4.59. The number of benzene rings is 1. The van der Waals surface area contributed by atoms with Crippen LogP contribution >= 0.6 is 0 Å². The molecule has 0 spiro atoms. The zero-order valence-electron chi connectivity index (χ0n) is 15.2. The zero-order valence-corrected chi connectivity index (χ0v) is 15.2. The minimum absolute atomic E-state index is 0.270. The van der Waals surface area contributed by atoms with Crippen molar-refractivity contribution in [3.05, 3.63) is 60.2 Å². The van der Waals surface area contributed by atoms with Crippen LogP contribution in [-0.2, 0) is 35.1 Å². The van der Waals surface area contributed by atoms with Crippen molar-refractivity contribution in [3.8, 4) is 0 Å². The van der Waals surface area contributed by atoms with E-state index in [0.717, 1.165) is 5.56 Å². The van der Waals surface area contributed by atoms with Crippen LogP contribution in [0, 0.1) is 0 Å². The second-order valence-corrected chi connectivity index (χ2v) is 6.60. The van der Waals surface area contributed by atoms with Gasteiger partial charge in [-0.2, -0.15) is 0 Å². The number of fused-ring (bicyclic) bond motifs is 1. The van der Waals surface area contributed by atoms with Crippen molar-refractivity contribution in [3.63, 3.8) is 0 Å². The van der Waals surface area contributed by atoms with Gasteiger partial charge in [-0.1, -0.05) is 48.6 Å². The number of hydrogen-bond acceptors (Lipinski definition) is 6. The van der Waals surface area contributed by atoms with Crippen LogP contribution in [0.25, 0.3) is 0 Å². The average molecular weight is 360 g/mol. The highest BCUT2D eigenvalue weighted by atomic mass is 16.8. The van der Waals surface area contributed by atoms with E-state index in [1.165, 1.54) is 13.2 Å². The van der Waals surface area contributed by atoms with E-state index < -0.39 is 18.0 Å². The highest BCUT2D eigenvalue weighted by Crippen LogP contribution is 2.39. The topological polar surface area (TPSA) is 63.2 Å². The van der Waals surface area contributed by atoms with E-state index in [0.29, 0.717) is 6.61 Å². The van der Waals surface area contributed by atoms with Crippen LogP contribution in [0.4, 0.5) is 0 Å². The summed E-state index contributed by atoms with van der Waals surface area (Å²) in [6.07, 6.45) is 5.05. The lowest BCUT2D eigenvalue weighted by Gasteiger charge is -2.23. The lowest BCUT2D eigenvalue weighted by Crippen LogP contribution is -2.31. The molecule has 2 aliphatic heterocycles. The number of carbonyl (C=O) groups excluding carboxylic acids is 1. The van der Waals surface area contributed by atoms with Gasteiger partial charge in [0.2, 0.25) is 0 Å². The molecule has 0 amide bonds. The van der Waals surface area contributed by atoms with Crippen LogP contribution in [0.15, 0.2) is 54.6 Å². The predicted octanol–water partition coefficient (Wildman–Crippen LogP) is 2.73. The van der Waals surface area contributed by atoms with Gasteiger partial charge in [-0.15, -0.1) is 0 Å². The maximum atomic E-state index is 11.1. The van der Waals surface area contributed by atoms with E-state index in [1.54, 1.807) is 12.2 Å². The monoisotopic (exact) mass is 360 g/mol. The largest absolute Gasteiger partial charge is 0.466 e. The summed E-state index contributed by atoms with van der Waals surface area (Å²) in [5.41, 5.74) is 1.06. The molecule has 0 saturated carbocycles. The lowest BCUT2D eigenvalue weighted by molar-refractivity contribution is -0.231. The van der Waals surface area contributed by atoms with E-state index in [2.05, 4.69) is 4.74 Å². The third-order valence-electron chi connectivity index (χ3n) is 4.15. The molecule has 1 aromatic carbocycles. The Morgan fingerprint density at radius 2 is 1.88 bits per heavy atom. The van der Waals surface area contributed by atoms with Gasteiger partial charge in [-0.05, 0) is 19.4 Å². The second-order valence-electron chi connectivity index (χ2n) is 6.60. The molecule has 3 rings (SSSR count). The molecule has 2 aliphatic rings. The SMILES string of the molecule is COC(=O)/C=C/C=C/[C@H]1O[C@H](OCc2ccccc2)[C@H]2OC(C)(C)O[C@H]21. The average Bonchev–Trinajstić information content (AvgIpc) is 3.11. The zero-order chi connectivity index (χ0) is 18.6. The van der Waals surface area contributed by atoms with Gasteiger partial charge in [0.1, 0.15) is 18.3 Å². The summed E-state index contributed by atoms with van der Waals surface area (Å²) >= 11 is 0. The molecule has 140 valence electrons. The van der Waals surface area contributed by atoms with Crippen molar-refractivity contribution >= 4 is 5.97 Å². The van der Waals surface area contributed by atoms with Gasteiger partial charge in [-0.3, -0.25) is 0 Å². The molecule has 0 bridgehead atoms. The Hall–Kier alpha value is -1.99. The number of rotatable bonds is 6. The fraction of sp³-hybridized carbons (Fsp3) is 0.450. The van der Waals surface area contributed by atoms with Crippen molar-refractivity contribution in [1.82, 2.24) is 0 Å². The van der Waals surface area contributed by atoms with Gasteiger partial charge in [0.25, 0.3) is 0 Å². The molecule has 6 heteroatoms. The molecule has 0 aromatic heterocycles. The van der Waals surface area contributed by atoms with Crippen LogP contribution < -0.4 is 0 Å². The molecular formula is C20H24O6. The molecule has 2 fully saturated rings. The van der Waals surface area contributed by atoms with Gasteiger partial charge >= 0.3 is 5.97 Å². The minimum Gasteiger partial charge on any atom is -0.466 e. The first-order valence-electron chi connectivity index (χ1n) is 8.58. The summed E-state index contributed by atoms with van der Waals surface area (Å²) in [5, 5.41) is 0. The normalized spacial score (nSPS) is 30.1. The quantitative estimate of drug-likeness (QED) is 0.442. The molecule has 6 nitrogen and oxygen atoms in total. The molecule has 26 heavy (non-hydrogen) atoms. The number of allylic oxidation sites excluding steroid dienone is 2. The van der Waals surface area contributed by atoms with Crippen LogP contribution in [0.2, 0.25) is 0 Å². The van der Waals surface area contributed by atoms with Crippen LogP contribution in [0.3, 0.4) is 0 Å². The Kier molecular flexibility index (Phi) is 5.88. The van der Waals surface area contributed by atoms with Gasteiger partial charge in [0.05, 0.1) is 13.7 Å². The maximum Gasteiger partial charge on any atom is 0.330 e. The Bertz CT molecular complexity index is 666. The Labute approximate surface area is 153 Å². The Morgan fingerprint density at radius 3 is 2.62 bits per heavy atom. The molecular weight excluding hydrogens is 336 g/mol. The van der Waals surface area contributed by atoms with Gasteiger partial charge in [0.15, 0.2) is 12.1 Å². The van der Waals surface area contributed by atoms with Crippen LogP contribution in [-0.4, -0.2) is 43.5 Å². The highest BCUT2D eigenvalue weighted by Gasteiger charge is 2.55. The van der Waals surface area contributed by atoms with Gasteiger partial charge in [0, 0.05) is 6.08 Å². The smallest absolute Gasteiger partial charge is 0.330 e. The highest BCUT2D eigenvalue weighted by molar-refractivity contribution is 5.82. The van der Waals surface area contributed by atoms with Crippen molar-refractivity contribution in [1.29, 1.82) is 0 Å². The minimum atomic E-state index is -0.693. The van der Waals surface area contributed by atoms with Crippen molar-refractivity contribution in [2.75, 3.05) is 7.11 Å². The summed E-state index contributed by atoms with van der Waals surface area (Å²) in [7, 11) is 1.33. The third-order valence-corrected chi connectivity index (χ3v) is 4.15. The molecule has 2 saturated heterocycles. The van der Waals surface area contributed by atoms with E-state index in [1.807, 2.05) is 50.3 Å². The fourth-order valence-electron chi connectivity index (χ4n) is 3.01. The predicted molar refractivity (Wildman–Crippen MR) is 94.0 cm³/mol. The molecule has 0 unspecified atom stereocenters. The van der Waals surface area contributed by atoms with Crippen LogP contribution in [0.5, 0.6) is 0 Å². The second kappa shape index (κ2) is 8.14. The first-order chi connectivity index (χ1) is 12.5. The first kappa shape index (κ1) is 18.8. The van der Waals surface area contributed by atoms with Crippen molar-refractivity contribution in [2.45, 2.75) is 50.8 Å². The number of esters is 1. The van der Waals surface area contributed by atoms with Crippen molar-refractivity contribution in [2.24, 2.45) is 0 Å². The fourth-order valence-corrected chi connectivity index (χ4v) is 3.01. The molecule has 2 heterocycles. The number of hydrogen-bond donors (Lipinski definition) is 0. The van der Waals surface area contributed by atoms with Crippen molar-refractivity contribution < 1.29 is 28.5 Å². The standard InChI is InChI=1S/C20H24O6/c1-20(2)25-17-15(11-7-8-12-16(21)22-3)24-19(18(17)26-20)23-13-14-9-5-4-6-10-14/h4-12,15,17-19H,13H2,1-3H3/b11-7+,12-8+/t15-,17+,18+,19+/m1/s1. The first-order valence-corrected chi connectivity index (χ1v) is 8.58. The van der Waals surface area contributed by atoms with E-state index >= 15 is 0 Å². The Morgan fingerprint density at radius 1 is 1.15 bits per heavy atom. The maximum absolute atomic E-state index is 11.1. The molecule has 4 atom stereocenters. The van der Waals surface area contributed by atoms with Gasteiger partial charge in [-0.25, -0.2) is 4.79 Å². The summed E-state index contributed by atoms with van der Waals surface area (Å²) in [5.74, 6) is -1.10. The number of ether oxygens (including phenoxy) is 5. The van der Waals surface area contributed by atoms with E-state index in [4.69, 9.17) is 18.9 Å². The van der Waals surface area contributed by atoms with E-state index in [-0.39, 0.29) is 18.3 Å². The molecule has 1 aromatic rings. The molecule has 0 aliphatic carbocycles. The summed E-state index contributed by atoms with van der Waals surface area (Å²) in [6, 6.07) is 9.89. The summed E-state index contributed by atoms with van der Waals surface area (Å²) < 4.78 is 28.4. The summed E-state index contributed by atoms with van der Waals surface area (Å²) in [6.45, 7) is 4.17. The molecule has 0 radical (unpaired) electrons. The Balaban J connectivity index is 1.64. The number of methoxy groups -OCH3 is 1. The van der Waals surface area contributed by atoms with Crippen LogP contribution in [0.1, 0.15) is 19.4 Å². The lowest BCUT2D eigenvalue weighted by atomic mass is 10.1. The number of carbonyl (C=O) groups is 1. The summed E-state index contributed by atoms with van der Waals surface area (Å²) in [4.78, 5) is 11.1. The van der Waals surface area contributed by atoms with E-state index in [9.17, 15) is 4.79 Å².